The Kier molecular flexibility index (Phi) is 3.29. The topological polar surface area (TPSA) is 86.3 Å². The van der Waals surface area contributed by atoms with Crippen LogP contribution in [0.15, 0.2) is 18.3 Å². The quantitative estimate of drug-likeness (QED) is 0.858. The molecule has 4 rings (SSSR count). The first-order valence-electron chi connectivity index (χ1n) is 7.57. The molecule has 1 saturated heterocycles. The van der Waals surface area contributed by atoms with Crippen molar-refractivity contribution in [1.29, 1.82) is 0 Å². The van der Waals surface area contributed by atoms with Crippen LogP contribution in [0.4, 0.5) is 0 Å². The molecule has 0 radical (unpaired) electrons. The number of rotatable bonds is 2. The number of aliphatic hydroxyl groups is 1. The van der Waals surface area contributed by atoms with Gasteiger partial charge < -0.3 is 5.11 Å². The Morgan fingerprint density at radius 2 is 2.00 bits per heavy atom. The molecule has 1 aliphatic heterocycles. The van der Waals surface area contributed by atoms with E-state index in [4.69, 9.17) is 11.6 Å². The largest absolute Gasteiger partial charge is 0.385 e. The van der Waals surface area contributed by atoms with Gasteiger partial charge in [-0.25, -0.2) is 12.7 Å². The molecular weight excluding hydrogens is 338 g/mol. The van der Waals surface area contributed by atoms with Crippen molar-refractivity contribution in [3.05, 3.63) is 28.9 Å². The highest BCUT2D eigenvalue weighted by Crippen LogP contribution is 2.50. The maximum atomic E-state index is 11.7. The van der Waals surface area contributed by atoms with E-state index in [0.717, 1.165) is 16.5 Å². The Balaban J connectivity index is 1.68. The Morgan fingerprint density at radius 1 is 1.35 bits per heavy atom. The van der Waals surface area contributed by atoms with E-state index < -0.39 is 15.6 Å². The van der Waals surface area contributed by atoms with Gasteiger partial charge in [-0.05, 0) is 36.8 Å². The van der Waals surface area contributed by atoms with Crippen molar-refractivity contribution in [2.24, 2.45) is 11.8 Å². The number of hydrogen-bond donors (Lipinski definition) is 2. The number of benzene rings is 1. The normalized spacial score (nSPS) is 31.8. The molecule has 1 aromatic heterocycles. The second-order valence-electron chi connectivity index (χ2n) is 6.83. The third-order valence-corrected chi connectivity index (χ3v) is 6.68. The molecule has 2 N–H and O–H groups in total. The lowest BCUT2D eigenvalue weighted by Gasteiger charge is -2.26. The lowest BCUT2D eigenvalue weighted by molar-refractivity contribution is 0.0352. The molecule has 1 saturated carbocycles. The van der Waals surface area contributed by atoms with Crippen LogP contribution in [0.1, 0.15) is 18.4 Å². The predicted octanol–water partition coefficient (Wildman–Crippen LogP) is 1.71. The summed E-state index contributed by atoms with van der Waals surface area (Å²) in [5, 5.41) is 19.6. The third-order valence-electron chi connectivity index (χ3n) is 5.23. The fourth-order valence-corrected chi connectivity index (χ4v) is 5.34. The van der Waals surface area contributed by atoms with Gasteiger partial charge in [0.1, 0.15) is 0 Å². The van der Waals surface area contributed by atoms with E-state index >= 15 is 0 Å². The van der Waals surface area contributed by atoms with Gasteiger partial charge in [0.15, 0.2) is 0 Å². The van der Waals surface area contributed by atoms with Crippen LogP contribution in [0.25, 0.3) is 10.9 Å². The molecule has 0 amide bonds. The average Bonchev–Trinajstić information content (AvgIpc) is 3.09. The maximum Gasteiger partial charge on any atom is 0.211 e. The SMILES string of the molecule is CS(=O)(=O)N1C[C@@H]2C[C@@](O)(c3cc(Cl)cc4cn[nH]c34)C[C@@H]2C1. The molecule has 2 aromatic rings. The van der Waals surface area contributed by atoms with Crippen LogP contribution in [0, 0.1) is 11.8 Å². The fourth-order valence-electron chi connectivity index (χ4n) is 4.19. The summed E-state index contributed by atoms with van der Waals surface area (Å²) in [5.41, 5.74) is 0.573. The van der Waals surface area contributed by atoms with Gasteiger partial charge in [0, 0.05) is 29.1 Å². The minimum Gasteiger partial charge on any atom is -0.385 e. The highest BCUT2D eigenvalue weighted by molar-refractivity contribution is 7.88. The standard InChI is InChI=1S/C15H18ClN3O3S/c1-23(21,22)19-7-10-4-15(20,5-11(10)8-19)13-3-12(16)2-9-6-17-18-14(9)13/h2-3,6,10-11,20H,4-5,7-8H2,1H3,(H,17,18)/t10-,11+,15-. The zero-order chi connectivity index (χ0) is 16.4. The minimum atomic E-state index is -3.16. The van der Waals surface area contributed by atoms with Gasteiger partial charge in [-0.2, -0.15) is 5.10 Å². The highest BCUT2D eigenvalue weighted by Gasteiger charge is 2.51. The zero-order valence-electron chi connectivity index (χ0n) is 12.7. The Morgan fingerprint density at radius 3 is 2.61 bits per heavy atom. The summed E-state index contributed by atoms with van der Waals surface area (Å²) >= 11 is 6.18. The number of sulfonamides is 1. The van der Waals surface area contributed by atoms with Crippen LogP contribution >= 0.6 is 11.6 Å². The second kappa shape index (κ2) is 4.92. The summed E-state index contributed by atoms with van der Waals surface area (Å²) in [6.45, 7) is 0.969. The van der Waals surface area contributed by atoms with Gasteiger partial charge in [-0.1, -0.05) is 11.6 Å². The van der Waals surface area contributed by atoms with Crippen LogP contribution < -0.4 is 0 Å². The van der Waals surface area contributed by atoms with E-state index in [9.17, 15) is 13.5 Å². The molecular formula is C15H18ClN3O3S. The van der Waals surface area contributed by atoms with E-state index in [1.807, 2.05) is 6.07 Å². The summed E-state index contributed by atoms with van der Waals surface area (Å²) in [5.74, 6) is 0.346. The van der Waals surface area contributed by atoms with E-state index in [1.54, 1.807) is 12.3 Å². The summed E-state index contributed by atoms with van der Waals surface area (Å²) in [4.78, 5) is 0. The monoisotopic (exact) mass is 355 g/mol. The van der Waals surface area contributed by atoms with Gasteiger partial charge in [0.25, 0.3) is 0 Å². The van der Waals surface area contributed by atoms with E-state index in [1.165, 1.54) is 10.6 Å². The molecule has 2 heterocycles. The summed E-state index contributed by atoms with van der Waals surface area (Å²) in [6, 6.07) is 3.60. The molecule has 2 fully saturated rings. The minimum absolute atomic E-state index is 0.173. The smallest absolute Gasteiger partial charge is 0.211 e. The van der Waals surface area contributed by atoms with Crippen molar-refractivity contribution in [2.75, 3.05) is 19.3 Å². The van der Waals surface area contributed by atoms with Crippen molar-refractivity contribution in [3.63, 3.8) is 0 Å². The Labute approximate surface area is 139 Å². The molecule has 2 aliphatic rings. The molecule has 1 aliphatic carbocycles. The fraction of sp³-hybridized carbons (Fsp3) is 0.533. The zero-order valence-corrected chi connectivity index (χ0v) is 14.2. The highest BCUT2D eigenvalue weighted by atomic mass is 35.5. The van der Waals surface area contributed by atoms with Gasteiger partial charge in [0.05, 0.1) is 23.6 Å². The van der Waals surface area contributed by atoms with Crippen molar-refractivity contribution in [2.45, 2.75) is 18.4 Å². The molecule has 3 atom stereocenters. The number of fused-ring (bicyclic) bond motifs is 2. The van der Waals surface area contributed by atoms with E-state index in [2.05, 4.69) is 10.2 Å². The van der Waals surface area contributed by atoms with Crippen LogP contribution in [0.2, 0.25) is 5.02 Å². The summed E-state index contributed by atoms with van der Waals surface area (Å²) in [7, 11) is -3.16. The molecule has 0 spiro atoms. The summed E-state index contributed by atoms with van der Waals surface area (Å²) in [6.07, 6.45) is 4.01. The van der Waals surface area contributed by atoms with Gasteiger partial charge in [-0.15, -0.1) is 0 Å². The number of aromatic nitrogens is 2. The molecule has 124 valence electrons. The number of halogens is 1. The molecule has 23 heavy (non-hydrogen) atoms. The molecule has 8 heteroatoms. The Bertz CT molecular complexity index is 865. The summed E-state index contributed by atoms with van der Waals surface area (Å²) < 4.78 is 24.9. The van der Waals surface area contributed by atoms with Gasteiger partial charge in [-0.3, -0.25) is 5.10 Å². The van der Waals surface area contributed by atoms with Crippen molar-refractivity contribution < 1.29 is 13.5 Å². The number of aromatic amines is 1. The number of hydrogen-bond acceptors (Lipinski definition) is 4. The van der Waals surface area contributed by atoms with Gasteiger partial charge >= 0.3 is 0 Å². The molecule has 6 nitrogen and oxygen atoms in total. The lowest BCUT2D eigenvalue weighted by Crippen LogP contribution is -2.31. The first kappa shape index (κ1) is 15.4. The first-order chi connectivity index (χ1) is 10.8. The van der Waals surface area contributed by atoms with Crippen molar-refractivity contribution in [1.82, 2.24) is 14.5 Å². The molecule has 0 bridgehead atoms. The molecule has 1 aromatic carbocycles. The first-order valence-corrected chi connectivity index (χ1v) is 9.79. The average molecular weight is 356 g/mol. The number of nitrogens with zero attached hydrogens (tertiary/aromatic N) is 2. The van der Waals surface area contributed by atoms with E-state index in [-0.39, 0.29) is 11.8 Å². The number of nitrogens with one attached hydrogen (secondary N) is 1. The van der Waals surface area contributed by atoms with Crippen LogP contribution in [-0.2, 0) is 15.6 Å². The van der Waals surface area contributed by atoms with Crippen LogP contribution in [-0.4, -0.2) is 47.4 Å². The lowest BCUT2D eigenvalue weighted by atomic mass is 9.89. The van der Waals surface area contributed by atoms with Crippen molar-refractivity contribution in [3.8, 4) is 0 Å². The van der Waals surface area contributed by atoms with Crippen molar-refractivity contribution >= 4 is 32.5 Å². The molecule has 0 unspecified atom stereocenters. The van der Waals surface area contributed by atoms with E-state index in [0.29, 0.717) is 31.0 Å². The number of H-pyrrole nitrogens is 1. The van der Waals surface area contributed by atoms with Crippen LogP contribution in [0.5, 0.6) is 0 Å². The maximum absolute atomic E-state index is 11.7. The third kappa shape index (κ3) is 2.46. The van der Waals surface area contributed by atoms with Gasteiger partial charge in [0.2, 0.25) is 10.0 Å². The Hall–Kier alpha value is -1.15. The second-order valence-corrected chi connectivity index (χ2v) is 9.25. The predicted molar refractivity (Wildman–Crippen MR) is 87.6 cm³/mol. The van der Waals surface area contributed by atoms with Crippen LogP contribution in [0.3, 0.4) is 0 Å².